The summed E-state index contributed by atoms with van der Waals surface area (Å²) in [6.07, 6.45) is -4.90. The lowest BCUT2D eigenvalue weighted by atomic mass is 10.1. The van der Waals surface area contributed by atoms with Crippen LogP contribution < -0.4 is 5.32 Å². The molecule has 10 heteroatoms. The Bertz CT molecular complexity index is 728. The van der Waals surface area contributed by atoms with Crippen molar-refractivity contribution in [1.82, 2.24) is 9.62 Å². The number of hydrogen-bond acceptors (Lipinski definition) is 3. The first-order valence-corrected chi connectivity index (χ1v) is 8.60. The van der Waals surface area contributed by atoms with Crippen molar-refractivity contribution < 1.29 is 26.4 Å². The smallest absolute Gasteiger partial charge is 0.350 e. The zero-order valence-electron chi connectivity index (χ0n) is 13.5. The minimum absolute atomic E-state index is 0.241. The molecule has 1 amide bonds. The molecule has 1 aromatic carbocycles. The van der Waals surface area contributed by atoms with Crippen molar-refractivity contribution in [2.75, 3.05) is 13.6 Å². The fourth-order valence-electron chi connectivity index (χ4n) is 1.86. The topological polar surface area (TPSA) is 66.5 Å². The molecule has 0 radical (unpaired) electrons. The second-order valence-corrected chi connectivity index (χ2v) is 8.65. The van der Waals surface area contributed by atoms with Gasteiger partial charge < -0.3 is 5.32 Å². The van der Waals surface area contributed by atoms with Gasteiger partial charge in [0.05, 0.1) is 17.0 Å². The lowest BCUT2D eigenvalue weighted by molar-refractivity contribution is -0.139. The van der Waals surface area contributed by atoms with Crippen LogP contribution in [-0.4, -0.2) is 37.8 Å². The molecule has 24 heavy (non-hydrogen) atoms. The van der Waals surface area contributed by atoms with E-state index in [9.17, 15) is 26.4 Å². The summed E-state index contributed by atoms with van der Waals surface area (Å²) in [5.41, 5.74) is -1.97. The van der Waals surface area contributed by atoms with Crippen molar-refractivity contribution in [3.63, 3.8) is 0 Å². The number of amides is 1. The highest BCUT2D eigenvalue weighted by Gasteiger charge is 2.39. The summed E-state index contributed by atoms with van der Waals surface area (Å²) >= 11 is 5.54. The number of carbonyl (C=O) groups is 1. The first-order chi connectivity index (χ1) is 10.6. The van der Waals surface area contributed by atoms with Gasteiger partial charge in [-0.1, -0.05) is 11.6 Å². The number of halogens is 4. The van der Waals surface area contributed by atoms with E-state index in [-0.39, 0.29) is 5.02 Å². The van der Waals surface area contributed by atoms with Gasteiger partial charge in [-0.25, -0.2) is 8.42 Å². The predicted octanol–water partition coefficient (Wildman–Crippen LogP) is 2.89. The monoisotopic (exact) mass is 386 g/mol. The van der Waals surface area contributed by atoms with Crippen LogP contribution in [-0.2, 0) is 21.0 Å². The molecule has 0 aromatic heterocycles. The van der Waals surface area contributed by atoms with Crippen LogP contribution in [0.2, 0.25) is 5.02 Å². The van der Waals surface area contributed by atoms with Crippen LogP contribution in [0.3, 0.4) is 0 Å². The molecule has 0 heterocycles. The second kappa shape index (κ2) is 6.89. The van der Waals surface area contributed by atoms with Gasteiger partial charge in [-0.2, -0.15) is 17.5 Å². The van der Waals surface area contributed by atoms with Gasteiger partial charge in [0.1, 0.15) is 0 Å². The molecule has 1 rings (SSSR count). The Morgan fingerprint density at radius 2 is 1.79 bits per heavy atom. The number of nitrogens with one attached hydrogen (secondary N) is 1. The molecule has 1 N–H and O–H groups in total. The van der Waals surface area contributed by atoms with Crippen LogP contribution in [0.5, 0.6) is 0 Å². The van der Waals surface area contributed by atoms with Crippen LogP contribution in [0.15, 0.2) is 23.1 Å². The molecule has 0 atom stereocenters. The van der Waals surface area contributed by atoms with E-state index in [1.54, 1.807) is 20.8 Å². The Morgan fingerprint density at radius 3 is 2.25 bits per heavy atom. The zero-order valence-corrected chi connectivity index (χ0v) is 15.1. The third-order valence-corrected chi connectivity index (χ3v) is 4.91. The molecule has 1 aromatic rings. The maximum Gasteiger partial charge on any atom is 0.417 e. The van der Waals surface area contributed by atoms with E-state index in [0.717, 1.165) is 19.2 Å². The standard InChI is InChI=1S/C14H18ClF3N2O3S/c1-13(2,3)19-12(21)8-20(4)24(22,23)11-6-5-9(15)7-10(11)14(16,17)18/h5-7H,8H2,1-4H3,(H,19,21). The summed E-state index contributed by atoms with van der Waals surface area (Å²) in [6, 6.07) is 2.36. The maximum atomic E-state index is 13.1. The summed E-state index contributed by atoms with van der Waals surface area (Å²) in [6.45, 7) is 4.47. The van der Waals surface area contributed by atoms with Gasteiger partial charge in [0.2, 0.25) is 15.9 Å². The van der Waals surface area contributed by atoms with Gasteiger partial charge in [0.15, 0.2) is 0 Å². The number of benzene rings is 1. The summed E-state index contributed by atoms with van der Waals surface area (Å²) in [7, 11) is -3.49. The van der Waals surface area contributed by atoms with Gasteiger partial charge in [0.25, 0.3) is 0 Å². The summed E-state index contributed by atoms with van der Waals surface area (Å²) in [4.78, 5) is 10.9. The first-order valence-electron chi connectivity index (χ1n) is 6.79. The normalized spacial score (nSPS) is 13.2. The Balaban J connectivity index is 3.19. The van der Waals surface area contributed by atoms with Crippen LogP contribution in [0, 0.1) is 0 Å². The molecule has 0 fully saturated rings. The van der Waals surface area contributed by atoms with Gasteiger partial charge in [-0.15, -0.1) is 0 Å². The Kier molecular flexibility index (Phi) is 5.95. The van der Waals surface area contributed by atoms with Gasteiger partial charge >= 0.3 is 6.18 Å². The summed E-state index contributed by atoms with van der Waals surface area (Å²) in [5, 5.41) is 2.30. The van der Waals surface area contributed by atoms with E-state index in [4.69, 9.17) is 11.6 Å². The highest BCUT2D eigenvalue weighted by atomic mass is 35.5. The van der Waals surface area contributed by atoms with Crippen LogP contribution in [0.4, 0.5) is 13.2 Å². The summed E-state index contributed by atoms with van der Waals surface area (Å²) < 4.78 is 64.7. The van der Waals surface area contributed by atoms with E-state index in [0.29, 0.717) is 10.4 Å². The van der Waals surface area contributed by atoms with E-state index in [2.05, 4.69) is 5.32 Å². The Labute approximate surface area is 143 Å². The van der Waals surface area contributed by atoms with Crippen LogP contribution >= 0.6 is 11.6 Å². The van der Waals surface area contributed by atoms with Gasteiger partial charge in [-0.05, 0) is 39.0 Å². The molecule has 136 valence electrons. The number of rotatable bonds is 4. The minimum atomic E-state index is -4.90. The second-order valence-electron chi connectivity index (χ2n) is 6.20. The Hall–Kier alpha value is -1.32. The van der Waals surface area contributed by atoms with Crippen molar-refractivity contribution in [1.29, 1.82) is 0 Å². The SMILES string of the molecule is CN(CC(=O)NC(C)(C)C)S(=O)(=O)c1ccc(Cl)cc1C(F)(F)F. The van der Waals surface area contributed by atoms with E-state index < -0.39 is 44.6 Å². The molecular formula is C14H18ClF3N2O3S. The van der Waals surface area contributed by atoms with Gasteiger partial charge in [0, 0.05) is 17.6 Å². The fraction of sp³-hybridized carbons (Fsp3) is 0.500. The molecule has 0 aliphatic carbocycles. The lowest BCUT2D eigenvalue weighted by Crippen LogP contribution is -2.46. The number of likely N-dealkylation sites (N-methyl/N-ethyl adjacent to an activating group) is 1. The predicted molar refractivity (Wildman–Crippen MR) is 84.2 cm³/mol. The average Bonchev–Trinajstić information content (AvgIpc) is 2.34. The number of alkyl halides is 3. The summed E-state index contributed by atoms with van der Waals surface area (Å²) in [5.74, 6) is -0.629. The number of nitrogens with zero attached hydrogens (tertiary/aromatic N) is 1. The van der Waals surface area contributed by atoms with E-state index in [1.165, 1.54) is 0 Å². The van der Waals surface area contributed by atoms with Crippen molar-refractivity contribution in [3.05, 3.63) is 28.8 Å². The van der Waals surface area contributed by atoms with Gasteiger partial charge in [-0.3, -0.25) is 4.79 Å². The molecule has 5 nitrogen and oxygen atoms in total. The number of carbonyl (C=O) groups excluding carboxylic acids is 1. The first kappa shape index (κ1) is 20.7. The lowest BCUT2D eigenvalue weighted by Gasteiger charge is -2.24. The van der Waals surface area contributed by atoms with Crippen molar-refractivity contribution >= 4 is 27.5 Å². The van der Waals surface area contributed by atoms with Crippen molar-refractivity contribution in [3.8, 4) is 0 Å². The van der Waals surface area contributed by atoms with Crippen LogP contribution in [0.25, 0.3) is 0 Å². The number of hydrogen-bond donors (Lipinski definition) is 1. The highest BCUT2D eigenvalue weighted by molar-refractivity contribution is 7.89. The molecule has 0 saturated heterocycles. The highest BCUT2D eigenvalue weighted by Crippen LogP contribution is 2.36. The largest absolute Gasteiger partial charge is 0.417 e. The van der Waals surface area contributed by atoms with E-state index in [1.807, 2.05) is 0 Å². The quantitative estimate of drug-likeness (QED) is 0.865. The van der Waals surface area contributed by atoms with Crippen LogP contribution in [0.1, 0.15) is 26.3 Å². The molecule has 0 unspecified atom stereocenters. The minimum Gasteiger partial charge on any atom is -0.350 e. The maximum absolute atomic E-state index is 13.1. The zero-order chi connectivity index (χ0) is 18.9. The molecule has 0 aliphatic rings. The molecular weight excluding hydrogens is 369 g/mol. The fourth-order valence-corrected chi connectivity index (χ4v) is 3.35. The molecule has 0 aliphatic heterocycles. The third kappa shape index (κ3) is 5.35. The Morgan fingerprint density at radius 1 is 1.25 bits per heavy atom. The van der Waals surface area contributed by atoms with E-state index >= 15 is 0 Å². The third-order valence-electron chi connectivity index (χ3n) is 2.82. The van der Waals surface area contributed by atoms with Crippen molar-refractivity contribution in [2.24, 2.45) is 0 Å². The van der Waals surface area contributed by atoms with Crippen molar-refractivity contribution in [2.45, 2.75) is 37.4 Å². The molecule has 0 bridgehead atoms. The average molecular weight is 387 g/mol. The molecule has 0 spiro atoms. The number of sulfonamides is 1. The molecule has 0 saturated carbocycles.